The lowest BCUT2D eigenvalue weighted by atomic mass is 10.1. The van der Waals surface area contributed by atoms with E-state index in [2.05, 4.69) is 10.2 Å². The fourth-order valence-electron chi connectivity index (χ4n) is 3.51. The van der Waals surface area contributed by atoms with Crippen LogP contribution >= 0.6 is 0 Å². The van der Waals surface area contributed by atoms with E-state index in [9.17, 15) is 14.7 Å². The molecule has 2 aromatic carbocycles. The van der Waals surface area contributed by atoms with Crippen LogP contribution in [-0.4, -0.2) is 42.7 Å². The Hall–Kier alpha value is -3.06. The van der Waals surface area contributed by atoms with Crippen molar-refractivity contribution < 1.29 is 19.4 Å². The first-order valence-corrected chi connectivity index (χ1v) is 10.3. The molecule has 7 heteroatoms. The summed E-state index contributed by atoms with van der Waals surface area (Å²) in [5.74, 6) is -0.732. The zero-order chi connectivity index (χ0) is 21.5. The number of hydrogen-bond donors (Lipinski definition) is 3. The highest BCUT2D eigenvalue weighted by Gasteiger charge is 2.19. The molecule has 1 saturated heterocycles. The summed E-state index contributed by atoms with van der Waals surface area (Å²) in [6.07, 6.45) is 2.14. The van der Waals surface area contributed by atoms with E-state index in [0.29, 0.717) is 11.3 Å². The van der Waals surface area contributed by atoms with Crippen molar-refractivity contribution >= 4 is 17.6 Å². The largest absolute Gasteiger partial charge is 0.491 e. The Balaban J connectivity index is 1.61. The van der Waals surface area contributed by atoms with Gasteiger partial charge in [0.25, 0.3) is 5.91 Å². The predicted molar refractivity (Wildman–Crippen MR) is 116 cm³/mol. The maximum atomic E-state index is 12.6. The summed E-state index contributed by atoms with van der Waals surface area (Å²) in [5, 5.41) is 12.0. The maximum Gasteiger partial charge on any atom is 0.305 e. The molecule has 1 amide bonds. The highest BCUT2D eigenvalue weighted by atomic mass is 16.5. The first-order chi connectivity index (χ1) is 14.4. The summed E-state index contributed by atoms with van der Waals surface area (Å²) in [4.78, 5) is 26.2. The summed E-state index contributed by atoms with van der Waals surface area (Å²) in [5.41, 5.74) is 8.41. The molecule has 4 N–H and O–H groups in total. The number of carbonyl (C=O) groups excluding carboxylic acids is 1. The Morgan fingerprint density at radius 2 is 1.87 bits per heavy atom. The number of aliphatic carboxylic acids is 1. The number of nitrogens with two attached hydrogens (primary N) is 1. The van der Waals surface area contributed by atoms with Crippen LogP contribution in [0, 0.1) is 0 Å². The maximum absolute atomic E-state index is 12.6. The molecule has 0 spiro atoms. The second-order valence-electron chi connectivity index (χ2n) is 7.68. The quantitative estimate of drug-likeness (QED) is 0.586. The normalized spacial score (nSPS) is 15.5. The zero-order valence-corrected chi connectivity index (χ0v) is 17.2. The zero-order valence-electron chi connectivity index (χ0n) is 17.2. The Morgan fingerprint density at radius 3 is 2.50 bits per heavy atom. The number of ether oxygens (including phenoxy) is 1. The molecule has 1 aliphatic heterocycles. The van der Waals surface area contributed by atoms with E-state index in [-0.39, 0.29) is 25.0 Å². The van der Waals surface area contributed by atoms with E-state index in [4.69, 9.17) is 10.5 Å². The molecule has 7 nitrogen and oxygen atoms in total. The van der Waals surface area contributed by atoms with Crippen LogP contribution in [0.5, 0.6) is 5.75 Å². The van der Waals surface area contributed by atoms with Gasteiger partial charge in [0.1, 0.15) is 12.4 Å². The predicted octanol–water partition coefficient (Wildman–Crippen LogP) is 2.96. The minimum absolute atomic E-state index is 0.0479. The number of rotatable bonds is 9. The van der Waals surface area contributed by atoms with E-state index >= 15 is 0 Å². The van der Waals surface area contributed by atoms with Gasteiger partial charge in [-0.1, -0.05) is 12.1 Å². The lowest BCUT2D eigenvalue weighted by molar-refractivity contribution is -0.137. The van der Waals surface area contributed by atoms with Gasteiger partial charge in [-0.3, -0.25) is 9.59 Å². The Morgan fingerprint density at radius 1 is 1.17 bits per heavy atom. The number of anilines is 1. The van der Waals surface area contributed by atoms with Gasteiger partial charge < -0.3 is 25.8 Å². The van der Waals surface area contributed by atoms with Gasteiger partial charge in [0.05, 0.1) is 12.5 Å². The van der Waals surface area contributed by atoms with Crippen molar-refractivity contribution in [3.8, 4) is 5.75 Å². The van der Waals surface area contributed by atoms with Gasteiger partial charge in [0.2, 0.25) is 0 Å². The average Bonchev–Trinajstić information content (AvgIpc) is 3.27. The molecular formula is C23H29N3O4. The van der Waals surface area contributed by atoms with Gasteiger partial charge in [-0.2, -0.15) is 0 Å². The van der Waals surface area contributed by atoms with Gasteiger partial charge >= 0.3 is 5.97 Å². The number of carbonyl (C=O) groups is 2. The molecule has 160 valence electrons. The summed E-state index contributed by atoms with van der Waals surface area (Å²) < 4.78 is 5.74. The summed E-state index contributed by atoms with van der Waals surface area (Å²) in [6.45, 7) is 4.00. The number of nitrogens with one attached hydrogen (secondary N) is 1. The Labute approximate surface area is 176 Å². The molecule has 1 unspecified atom stereocenters. The molecule has 3 rings (SSSR count). The second-order valence-corrected chi connectivity index (χ2v) is 7.68. The first-order valence-electron chi connectivity index (χ1n) is 10.3. The summed E-state index contributed by atoms with van der Waals surface area (Å²) in [6, 6.07) is 14.0. The SMILES string of the molecule is CC(N)c1cccc(OC[C@@H](CC(=O)O)NC(=O)c2ccc(N3CCCC3)cc2)c1. The van der Waals surface area contributed by atoms with Crippen LogP contribution in [0.15, 0.2) is 48.5 Å². The molecule has 0 saturated carbocycles. The lowest BCUT2D eigenvalue weighted by Crippen LogP contribution is -2.40. The fourth-order valence-corrected chi connectivity index (χ4v) is 3.51. The lowest BCUT2D eigenvalue weighted by Gasteiger charge is -2.20. The van der Waals surface area contributed by atoms with Crippen LogP contribution in [0.4, 0.5) is 5.69 Å². The highest BCUT2D eigenvalue weighted by molar-refractivity contribution is 5.95. The van der Waals surface area contributed by atoms with Crippen LogP contribution in [0.1, 0.15) is 48.1 Å². The number of amides is 1. The molecule has 1 fully saturated rings. The van der Waals surface area contributed by atoms with Gasteiger partial charge in [-0.05, 0) is 61.7 Å². The number of carboxylic acid groups (broad SMARTS) is 1. The van der Waals surface area contributed by atoms with Crippen molar-refractivity contribution in [3.63, 3.8) is 0 Å². The number of nitrogens with zero attached hydrogens (tertiary/aromatic N) is 1. The van der Waals surface area contributed by atoms with E-state index in [0.717, 1.165) is 24.3 Å². The van der Waals surface area contributed by atoms with E-state index in [1.165, 1.54) is 12.8 Å². The van der Waals surface area contributed by atoms with Crippen molar-refractivity contribution in [1.29, 1.82) is 0 Å². The van der Waals surface area contributed by atoms with Crippen LogP contribution in [-0.2, 0) is 4.79 Å². The third-order valence-electron chi connectivity index (χ3n) is 5.19. The molecule has 0 radical (unpaired) electrons. The van der Waals surface area contributed by atoms with Crippen molar-refractivity contribution in [1.82, 2.24) is 5.32 Å². The smallest absolute Gasteiger partial charge is 0.305 e. The van der Waals surface area contributed by atoms with E-state index in [1.807, 2.05) is 37.3 Å². The minimum atomic E-state index is -1.00. The molecular weight excluding hydrogens is 382 g/mol. The van der Waals surface area contributed by atoms with E-state index < -0.39 is 12.0 Å². The fraction of sp³-hybridized carbons (Fsp3) is 0.391. The minimum Gasteiger partial charge on any atom is -0.491 e. The van der Waals surface area contributed by atoms with Crippen molar-refractivity contribution in [3.05, 3.63) is 59.7 Å². The molecule has 2 aromatic rings. The van der Waals surface area contributed by atoms with Crippen molar-refractivity contribution in [2.75, 3.05) is 24.6 Å². The standard InChI is InChI=1S/C23H29N3O4/c1-16(24)18-5-4-6-21(13-18)30-15-19(14-22(27)28)25-23(29)17-7-9-20(10-8-17)26-11-2-3-12-26/h4-10,13,16,19H,2-3,11-12,14-15,24H2,1H3,(H,25,29)(H,27,28)/t16?,19-/m1/s1. The van der Waals surface area contributed by atoms with Gasteiger partial charge in [0, 0.05) is 30.4 Å². The molecule has 30 heavy (non-hydrogen) atoms. The van der Waals surface area contributed by atoms with Crippen molar-refractivity contribution in [2.45, 2.75) is 38.3 Å². The van der Waals surface area contributed by atoms with E-state index in [1.54, 1.807) is 18.2 Å². The molecule has 1 heterocycles. The third kappa shape index (κ3) is 5.97. The molecule has 1 aliphatic rings. The monoisotopic (exact) mass is 411 g/mol. The third-order valence-corrected chi connectivity index (χ3v) is 5.19. The summed E-state index contributed by atoms with van der Waals surface area (Å²) in [7, 11) is 0. The van der Waals surface area contributed by atoms with Crippen LogP contribution in [0.25, 0.3) is 0 Å². The topological polar surface area (TPSA) is 105 Å². The van der Waals surface area contributed by atoms with Crippen molar-refractivity contribution in [2.24, 2.45) is 5.73 Å². The Kier molecular flexibility index (Phi) is 7.30. The average molecular weight is 412 g/mol. The van der Waals surface area contributed by atoms with Gasteiger partial charge in [0.15, 0.2) is 0 Å². The number of carboxylic acids is 1. The summed E-state index contributed by atoms with van der Waals surface area (Å²) >= 11 is 0. The Bertz CT molecular complexity index is 861. The highest BCUT2D eigenvalue weighted by Crippen LogP contribution is 2.21. The molecule has 2 atom stereocenters. The van der Waals surface area contributed by atoms with Gasteiger partial charge in [-0.15, -0.1) is 0 Å². The second kappa shape index (κ2) is 10.1. The molecule has 0 bridgehead atoms. The molecule has 0 aliphatic carbocycles. The first kappa shape index (κ1) is 21.6. The van der Waals surface area contributed by atoms with Gasteiger partial charge in [-0.25, -0.2) is 0 Å². The van der Waals surface area contributed by atoms with Crippen LogP contribution < -0.4 is 20.7 Å². The number of benzene rings is 2. The molecule has 0 aromatic heterocycles. The number of hydrogen-bond acceptors (Lipinski definition) is 5. The van der Waals surface area contributed by atoms with Crippen LogP contribution in [0.3, 0.4) is 0 Å². The van der Waals surface area contributed by atoms with Crippen LogP contribution in [0.2, 0.25) is 0 Å².